The van der Waals surface area contributed by atoms with E-state index in [0.29, 0.717) is 5.56 Å². The van der Waals surface area contributed by atoms with Crippen LogP contribution in [0.3, 0.4) is 0 Å². The fraction of sp³-hybridized carbons (Fsp3) is 0.533. The monoisotopic (exact) mass is 252 g/mol. The number of rotatable bonds is 7. The number of carbonyl (C=O) groups excluding carboxylic acids is 1. The molecule has 1 aromatic carbocycles. The summed E-state index contributed by atoms with van der Waals surface area (Å²) in [5.41, 5.74) is 2.02. The minimum absolute atomic E-state index is 0.00389. The van der Waals surface area contributed by atoms with Crippen LogP contribution in [0.2, 0.25) is 0 Å². The molecule has 0 N–H and O–H groups in total. The second kappa shape index (κ2) is 7.50. The van der Waals surface area contributed by atoms with Crippen molar-refractivity contribution in [1.82, 2.24) is 0 Å². The van der Waals surface area contributed by atoms with Gasteiger partial charge in [0.15, 0.2) is 5.78 Å². The van der Waals surface area contributed by atoms with Gasteiger partial charge >= 0.3 is 0 Å². The zero-order valence-electron chi connectivity index (χ0n) is 10.7. The maximum absolute atomic E-state index is 11.6. The van der Waals surface area contributed by atoms with E-state index in [2.05, 4.69) is 6.92 Å². The molecule has 17 heavy (non-hydrogen) atoms. The highest BCUT2D eigenvalue weighted by atomic mass is 35.5. The highest BCUT2D eigenvalue weighted by molar-refractivity contribution is 6.33. The van der Waals surface area contributed by atoms with Crippen molar-refractivity contribution in [3.8, 4) is 0 Å². The predicted octanol–water partition coefficient (Wildman–Crippen LogP) is 4.62. The van der Waals surface area contributed by atoms with Gasteiger partial charge in [0.2, 0.25) is 0 Å². The van der Waals surface area contributed by atoms with E-state index in [-0.39, 0.29) is 5.78 Å². The minimum atomic E-state index is -0.439. The van der Waals surface area contributed by atoms with Crippen LogP contribution < -0.4 is 0 Å². The van der Waals surface area contributed by atoms with Crippen LogP contribution in [0.4, 0.5) is 0 Å². The topological polar surface area (TPSA) is 17.1 Å². The molecule has 1 atom stereocenters. The summed E-state index contributed by atoms with van der Waals surface area (Å²) < 4.78 is 0. The lowest BCUT2D eigenvalue weighted by Gasteiger charge is -2.05. The summed E-state index contributed by atoms with van der Waals surface area (Å²) in [6, 6.07) is 7.85. The Kier molecular flexibility index (Phi) is 6.28. The molecule has 0 unspecified atom stereocenters. The first-order valence-electron chi connectivity index (χ1n) is 6.42. The van der Waals surface area contributed by atoms with E-state index >= 15 is 0 Å². The van der Waals surface area contributed by atoms with Gasteiger partial charge in [0.1, 0.15) is 0 Å². The molecular formula is C15H21ClO. The lowest BCUT2D eigenvalue weighted by Crippen LogP contribution is -2.10. The summed E-state index contributed by atoms with van der Waals surface area (Å²) in [5, 5.41) is -0.439. The first-order valence-corrected chi connectivity index (χ1v) is 6.86. The number of ketones is 1. The molecule has 94 valence electrons. The lowest BCUT2D eigenvalue weighted by molar-refractivity contribution is 0.0992. The van der Waals surface area contributed by atoms with Gasteiger partial charge in [0.05, 0.1) is 5.38 Å². The van der Waals surface area contributed by atoms with Crippen LogP contribution in [-0.4, -0.2) is 11.2 Å². The summed E-state index contributed by atoms with van der Waals surface area (Å²) in [6.45, 7) is 3.93. The molecule has 2 heteroatoms. The molecule has 0 aromatic heterocycles. The Morgan fingerprint density at radius 1 is 1.18 bits per heavy atom. The molecule has 1 nitrogen and oxygen atoms in total. The van der Waals surface area contributed by atoms with Gasteiger partial charge in [0, 0.05) is 5.56 Å². The summed E-state index contributed by atoms with van der Waals surface area (Å²) >= 11 is 5.77. The summed E-state index contributed by atoms with van der Waals surface area (Å²) in [4.78, 5) is 11.6. The van der Waals surface area contributed by atoms with Gasteiger partial charge in [-0.1, -0.05) is 50.5 Å². The lowest BCUT2D eigenvalue weighted by atomic mass is 10.0. The Morgan fingerprint density at radius 3 is 2.35 bits per heavy atom. The molecule has 0 fully saturated rings. The largest absolute Gasteiger partial charge is 0.293 e. The van der Waals surface area contributed by atoms with E-state index in [1.165, 1.54) is 31.2 Å². The van der Waals surface area contributed by atoms with Crippen LogP contribution in [0, 0.1) is 0 Å². The third-order valence-electron chi connectivity index (χ3n) is 2.92. The van der Waals surface area contributed by atoms with E-state index in [9.17, 15) is 4.79 Å². The summed E-state index contributed by atoms with van der Waals surface area (Å²) in [6.07, 6.45) is 6.19. The Hall–Kier alpha value is -0.820. The third-order valence-corrected chi connectivity index (χ3v) is 3.12. The predicted molar refractivity (Wildman–Crippen MR) is 73.9 cm³/mol. The fourth-order valence-electron chi connectivity index (χ4n) is 1.82. The SMILES string of the molecule is CCCCCCc1ccc(C(=O)[C@H](C)Cl)cc1. The zero-order valence-corrected chi connectivity index (χ0v) is 11.5. The zero-order chi connectivity index (χ0) is 12.7. The molecule has 0 saturated heterocycles. The molecule has 0 bridgehead atoms. The number of alkyl halides is 1. The van der Waals surface area contributed by atoms with Crippen LogP contribution >= 0.6 is 11.6 Å². The molecule has 0 spiro atoms. The summed E-state index contributed by atoms with van der Waals surface area (Å²) in [7, 11) is 0. The number of Topliss-reactive ketones (excluding diaryl/α,β-unsaturated/α-hetero) is 1. The molecule has 1 rings (SSSR count). The van der Waals surface area contributed by atoms with Crippen molar-refractivity contribution in [3.05, 3.63) is 35.4 Å². The van der Waals surface area contributed by atoms with Gasteiger partial charge in [-0.3, -0.25) is 4.79 Å². The van der Waals surface area contributed by atoms with Crippen molar-refractivity contribution < 1.29 is 4.79 Å². The van der Waals surface area contributed by atoms with Crippen molar-refractivity contribution >= 4 is 17.4 Å². The van der Waals surface area contributed by atoms with Crippen molar-refractivity contribution in [1.29, 1.82) is 0 Å². The molecule has 0 radical (unpaired) electrons. The van der Waals surface area contributed by atoms with Crippen LogP contribution in [0.1, 0.15) is 55.5 Å². The molecule has 1 aromatic rings. The highest BCUT2D eigenvalue weighted by Gasteiger charge is 2.11. The first kappa shape index (κ1) is 14.2. The third kappa shape index (κ3) is 4.91. The Morgan fingerprint density at radius 2 is 1.82 bits per heavy atom. The summed E-state index contributed by atoms with van der Waals surface area (Å²) in [5.74, 6) is 0.00389. The van der Waals surface area contributed by atoms with Crippen molar-refractivity contribution in [2.45, 2.75) is 51.3 Å². The van der Waals surface area contributed by atoms with Gasteiger partial charge in [-0.15, -0.1) is 11.6 Å². The van der Waals surface area contributed by atoms with Crippen molar-refractivity contribution in [2.75, 3.05) is 0 Å². The number of hydrogen-bond donors (Lipinski definition) is 0. The van der Waals surface area contributed by atoms with Crippen LogP contribution in [0.5, 0.6) is 0 Å². The number of benzene rings is 1. The maximum atomic E-state index is 11.6. The van der Waals surface area contributed by atoms with Gasteiger partial charge in [-0.25, -0.2) is 0 Å². The molecule has 0 aliphatic carbocycles. The van der Waals surface area contributed by atoms with Gasteiger partial charge in [-0.2, -0.15) is 0 Å². The highest BCUT2D eigenvalue weighted by Crippen LogP contribution is 2.12. The molecule has 0 aliphatic rings. The van der Waals surface area contributed by atoms with E-state index in [1.807, 2.05) is 24.3 Å². The number of unbranched alkanes of at least 4 members (excludes halogenated alkanes) is 3. The standard InChI is InChI=1S/C15H21ClO/c1-3-4-5-6-7-13-8-10-14(11-9-13)15(17)12(2)16/h8-12H,3-7H2,1-2H3/t12-/m0/s1. The van der Waals surface area contributed by atoms with E-state index in [1.54, 1.807) is 6.92 Å². The first-order chi connectivity index (χ1) is 8.15. The van der Waals surface area contributed by atoms with Gasteiger partial charge < -0.3 is 0 Å². The van der Waals surface area contributed by atoms with Crippen molar-refractivity contribution in [2.24, 2.45) is 0 Å². The molecule has 0 aliphatic heterocycles. The molecular weight excluding hydrogens is 232 g/mol. The van der Waals surface area contributed by atoms with E-state index in [4.69, 9.17) is 11.6 Å². The maximum Gasteiger partial charge on any atom is 0.180 e. The normalized spacial score (nSPS) is 12.4. The Balaban J connectivity index is 2.47. The van der Waals surface area contributed by atoms with Crippen LogP contribution in [0.15, 0.2) is 24.3 Å². The van der Waals surface area contributed by atoms with Crippen molar-refractivity contribution in [3.63, 3.8) is 0 Å². The van der Waals surface area contributed by atoms with Crippen LogP contribution in [-0.2, 0) is 6.42 Å². The molecule has 0 amide bonds. The smallest absolute Gasteiger partial charge is 0.180 e. The van der Waals surface area contributed by atoms with E-state index in [0.717, 1.165) is 6.42 Å². The average Bonchev–Trinajstić information content (AvgIpc) is 2.34. The molecule has 0 saturated carbocycles. The average molecular weight is 253 g/mol. The number of aryl methyl sites for hydroxylation is 1. The van der Waals surface area contributed by atoms with Gasteiger partial charge in [0.25, 0.3) is 0 Å². The number of halogens is 1. The number of carbonyl (C=O) groups is 1. The second-order valence-corrected chi connectivity index (χ2v) is 5.14. The second-order valence-electron chi connectivity index (χ2n) is 4.49. The number of hydrogen-bond acceptors (Lipinski definition) is 1. The van der Waals surface area contributed by atoms with Gasteiger partial charge in [-0.05, 0) is 25.3 Å². The Labute approximate surface area is 109 Å². The van der Waals surface area contributed by atoms with E-state index < -0.39 is 5.38 Å². The molecule has 0 heterocycles. The fourth-order valence-corrected chi connectivity index (χ4v) is 1.95. The Bertz CT molecular complexity index is 340. The quantitative estimate of drug-likeness (QED) is 0.393. The van der Waals surface area contributed by atoms with Crippen LogP contribution in [0.25, 0.3) is 0 Å². The minimum Gasteiger partial charge on any atom is -0.293 e.